The topological polar surface area (TPSA) is 33.0 Å². The molecule has 0 atom stereocenters. The lowest BCUT2D eigenvalue weighted by Crippen LogP contribution is -2.10. The summed E-state index contributed by atoms with van der Waals surface area (Å²) in [4.78, 5) is 0. The molecule has 0 saturated carbocycles. The van der Waals surface area contributed by atoms with Gasteiger partial charge in [0.15, 0.2) is 0 Å². The fraction of sp³-hybridized carbons (Fsp3) is 0.278. The Morgan fingerprint density at radius 3 is 2.15 bits per heavy atom. The molecule has 0 N–H and O–H groups in total. The van der Waals surface area contributed by atoms with Gasteiger partial charge < -0.3 is 4.74 Å². The third kappa shape index (κ3) is 2.83. The molecule has 0 saturated heterocycles. The largest absolute Gasteiger partial charge is 0.496 e. The minimum atomic E-state index is 0.136. The fourth-order valence-corrected chi connectivity index (χ4v) is 2.15. The van der Waals surface area contributed by atoms with E-state index in [1.807, 2.05) is 12.1 Å². The fourth-order valence-electron chi connectivity index (χ4n) is 2.15. The second kappa shape index (κ2) is 5.38. The molecule has 0 aliphatic heterocycles. The van der Waals surface area contributed by atoms with Gasteiger partial charge in [-0.3, -0.25) is 0 Å². The summed E-state index contributed by atoms with van der Waals surface area (Å²) in [7, 11) is 1.65. The van der Waals surface area contributed by atoms with Gasteiger partial charge in [0, 0.05) is 5.56 Å². The highest BCUT2D eigenvalue weighted by Gasteiger charge is 2.14. The average molecular weight is 265 g/mol. The zero-order chi connectivity index (χ0) is 14.8. The second-order valence-corrected chi connectivity index (χ2v) is 5.85. The molecule has 0 unspecified atom stereocenters. The van der Waals surface area contributed by atoms with E-state index in [9.17, 15) is 0 Å². The van der Waals surface area contributed by atoms with E-state index in [2.05, 4.69) is 51.1 Å². The number of hydrogen-bond acceptors (Lipinski definition) is 2. The Morgan fingerprint density at radius 1 is 1.00 bits per heavy atom. The smallest absolute Gasteiger partial charge is 0.126 e. The lowest BCUT2D eigenvalue weighted by atomic mass is 9.86. The molecule has 0 heterocycles. The van der Waals surface area contributed by atoms with Crippen molar-refractivity contribution in [2.24, 2.45) is 0 Å². The Morgan fingerprint density at radius 2 is 1.65 bits per heavy atom. The lowest BCUT2D eigenvalue weighted by molar-refractivity contribution is 0.416. The first-order valence-corrected chi connectivity index (χ1v) is 6.65. The number of rotatable bonds is 2. The average Bonchev–Trinajstić information content (AvgIpc) is 2.45. The van der Waals surface area contributed by atoms with Crippen molar-refractivity contribution in [2.45, 2.75) is 26.2 Å². The molecule has 0 amide bonds. The summed E-state index contributed by atoms with van der Waals surface area (Å²) in [6.45, 7) is 6.58. The molecule has 20 heavy (non-hydrogen) atoms. The summed E-state index contributed by atoms with van der Waals surface area (Å²) < 4.78 is 5.39. The van der Waals surface area contributed by atoms with E-state index in [0.717, 1.165) is 16.9 Å². The van der Waals surface area contributed by atoms with Crippen LogP contribution in [0.5, 0.6) is 5.75 Å². The molecule has 0 aliphatic rings. The normalized spacial score (nSPS) is 10.9. The van der Waals surface area contributed by atoms with Crippen LogP contribution >= 0.6 is 0 Å². The lowest BCUT2D eigenvalue weighted by Gasteiger charge is -2.19. The molecule has 0 radical (unpaired) electrons. The Kier molecular flexibility index (Phi) is 3.81. The number of nitrogens with zero attached hydrogens (tertiary/aromatic N) is 1. The third-order valence-corrected chi connectivity index (χ3v) is 3.39. The Hall–Kier alpha value is -2.27. The van der Waals surface area contributed by atoms with E-state index in [-0.39, 0.29) is 5.41 Å². The molecule has 0 bridgehead atoms. The van der Waals surface area contributed by atoms with Crippen LogP contribution in [-0.2, 0) is 5.41 Å². The maximum absolute atomic E-state index is 9.03. The van der Waals surface area contributed by atoms with Crippen molar-refractivity contribution in [2.75, 3.05) is 7.11 Å². The van der Waals surface area contributed by atoms with Crippen LogP contribution in [0.15, 0.2) is 42.5 Å². The van der Waals surface area contributed by atoms with Crippen LogP contribution in [0, 0.1) is 11.3 Å². The summed E-state index contributed by atoms with van der Waals surface area (Å²) in [6, 6.07) is 16.1. The van der Waals surface area contributed by atoms with E-state index >= 15 is 0 Å². The molecule has 2 aromatic carbocycles. The SMILES string of the molecule is COc1ccc(C#N)cc1-c1ccc(C(C)(C)C)cc1. The van der Waals surface area contributed by atoms with E-state index in [1.54, 1.807) is 13.2 Å². The number of methoxy groups -OCH3 is 1. The predicted molar refractivity (Wildman–Crippen MR) is 81.8 cm³/mol. The van der Waals surface area contributed by atoms with Crippen LogP contribution in [0.4, 0.5) is 0 Å². The molecule has 0 spiro atoms. The van der Waals surface area contributed by atoms with E-state index in [1.165, 1.54) is 5.56 Å². The minimum absolute atomic E-state index is 0.136. The van der Waals surface area contributed by atoms with Crippen molar-refractivity contribution in [3.05, 3.63) is 53.6 Å². The zero-order valence-electron chi connectivity index (χ0n) is 12.4. The highest BCUT2D eigenvalue weighted by atomic mass is 16.5. The van der Waals surface area contributed by atoms with Crippen molar-refractivity contribution >= 4 is 0 Å². The van der Waals surface area contributed by atoms with Crippen LogP contribution in [0.25, 0.3) is 11.1 Å². The summed E-state index contributed by atoms with van der Waals surface area (Å²) in [5.74, 6) is 0.785. The zero-order valence-corrected chi connectivity index (χ0v) is 12.4. The molecular weight excluding hydrogens is 246 g/mol. The molecule has 0 aromatic heterocycles. The van der Waals surface area contributed by atoms with E-state index in [4.69, 9.17) is 10.00 Å². The summed E-state index contributed by atoms with van der Waals surface area (Å²) in [5.41, 5.74) is 4.08. The van der Waals surface area contributed by atoms with Gasteiger partial charge in [0.2, 0.25) is 0 Å². The maximum Gasteiger partial charge on any atom is 0.126 e. The number of hydrogen-bond donors (Lipinski definition) is 0. The minimum Gasteiger partial charge on any atom is -0.496 e. The van der Waals surface area contributed by atoms with Crippen LogP contribution < -0.4 is 4.74 Å². The van der Waals surface area contributed by atoms with Gasteiger partial charge in [-0.05, 0) is 34.7 Å². The highest BCUT2D eigenvalue weighted by Crippen LogP contribution is 2.32. The highest BCUT2D eigenvalue weighted by molar-refractivity contribution is 5.72. The van der Waals surface area contributed by atoms with Crippen LogP contribution in [0.1, 0.15) is 31.9 Å². The van der Waals surface area contributed by atoms with Crippen LogP contribution in [0.3, 0.4) is 0 Å². The summed E-state index contributed by atoms with van der Waals surface area (Å²) in [5, 5.41) is 9.03. The third-order valence-electron chi connectivity index (χ3n) is 3.39. The summed E-state index contributed by atoms with van der Waals surface area (Å²) in [6.07, 6.45) is 0. The van der Waals surface area contributed by atoms with E-state index in [0.29, 0.717) is 5.56 Å². The Labute approximate surface area is 120 Å². The second-order valence-electron chi connectivity index (χ2n) is 5.85. The number of benzene rings is 2. The number of ether oxygens (including phenoxy) is 1. The van der Waals surface area contributed by atoms with Crippen LogP contribution in [-0.4, -0.2) is 7.11 Å². The van der Waals surface area contributed by atoms with Gasteiger partial charge in [-0.25, -0.2) is 0 Å². The van der Waals surface area contributed by atoms with Gasteiger partial charge in [-0.1, -0.05) is 45.0 Å². The quantitative estimate of drug-likeness (QED) is 0.799. The standard InChI is InChI=1S/C18H19NO/c1-18(2,3)15-8-6-14(7-9-15)16-11-13(12-19)5-10-17(16)20-4/h5-11H,1-4H3. The molecular formula is C18H19NO. The van der Waals surface area contributed by atoms with Gasteiger partial charge in [-0.15, -0.1) is 0 Å². The van der Waals surface area contributed by atoms with Crippen LogP contribution in [0.2, 0.25) is 0 Å². The van der Waals surface area contributed by atoms with Crippen molar-refractivity contribution in [3.63, 3.8) is 0 Å². The monoisotopic (exact) mass is 265 g/mol. The van der Waals surface area contributed by atoms with Gasteiger partial charge in [0.25, 0.3) is 0 Å². The molecule has 2 aromatic rings. The first kappa shape index (κ1) is 14.1. The Bertz CT molecular complexity index is 643. The molecule has 2 heteroatoms. The van der Waals surface area contributed by atoms with Gasteiger partial charge in [0.05, 0.1) is 18.7 Å². The molecule has 0 fully saturated rings. The van der Waals surface area contributed by atoms with Gasteiger partial charge in [0.1, 0.15) is 5.75 Å². The predicted octanol–water partition coefficient (Wildman–Crippen LogP) is 4.53. The van der Waals surface area contributed by atoms with Crippen molar-refractivity contribution in [3.8, 4) is 22.9 Å². The van der Waals surface area contributed by atoms with Gasteiger partial charge in [-0.2, -0.15) is 5.26 Å². The molecule has 102 valence electrons. The van der Waals surface area contributed by atoms with Gasteiger partial charge >= 0.3 is 0 Å². The van der Waals surface area contributed by atoms with Crippen molar-refractivity contribution in [1.29, 1.82) is 5.26 Å². The number of nitriles is 1. The van der Waals surface area contributed by atoms with E-state index < -0.39 is 0 Å². The van der Waals surface area contributed by atoms with Crippen molar-refractivity contribution < 1.29 is 4.74 Å². The first-order valence-electron chi connectivity index (χ1n) is 6.65. The molecule has 2 nitrogen and oxygen atoms in total. The maximum atomic E-state index is 9.03. The summed E-state index contributed by atoms with van der Waals surface area (Å²) >= 11 is 0. The molecule has 0 aliphatic carbocycles. The molecule has 2 rings (SSSR count). The Balaban J connectivity index is 2.49. The first-order chi connectivity index (χ1) is 9.45. The van der Waals surface area contributed by atoms with Crippen molar-refractivity contribution in [1.82, 2.24) is 0 Å².